The molecule has 3 rings (SSSR count). The van der Waals surface area contributed by atoms with Gasteiger partial charge in [0, 0.05) is 38.2 Å². The van der Waals surface area contributed by atoms with Crippen molar-refractivity contribution in [3.63, 3.8) is 0 Å². The summed E-state index contributed by atoms with van der Waals surface area (Å²) in [5, 5.41) is 21.6. The molecular weight excluding hydrogens is 652 g/mol. The van der Waals surface area contributed by atoms with Crippen molar-refractivity contribution in [3.8, 4) is 0 Å². The highest BCUT2D eigenvalue weighted by molar-refractivity contribution is 5.92. The van der Waals surface area contributed by atoms with E-state index in [1.54, 1.807) is 38.3 Å². The highest BCUT2D eigenvalue weighted by Gasteiger charge is 2.47. The van der Waals surface area contributed by atoms with E-state index >= 15 is 0 Å². The molecule has 0 radical (unpaired) electrons. The number of aliphatic hydroxyl groups excluding tert-OH is 1. The summed E-state index contributed by atoms with van der Waals surface area (Å²) in [5.41, 5.74) is -0.227. The number of esters is 3. The van der Waals surface area contributed by atoms with Crippen molar-refractivity contribution in [3.05, 3.63) is 71.9 Å². The largest absolute Gasteiger partial charge is 0.458 e. The Balaban J connectivity index is 1.82. The molecule has 2 aliphatic heterocycles. The van der Waals surface area contributed by atoms with Crippen LogP contribution in [0.1, 0.15) is 93.4 Å². The molecule has 3 aliphatic rings. The molecular formula is C41H60O10. The fourth-order valence-corrected chi connectivity index (χ4v) is 6.65. The van der Waals surface area contributed by atoms with Gasteiger partial charge in [-0.05, 0) is 57.3 Å². The number of methoxy groups -OCH3 is 1. The van der Waals surface area contributed by atoms with E-state index in [1.807, 2.05) is 57.2 Å². The second kappa shape index (κ2) is 20.1. The lowest BCUT2D eigenvalue weighted by Gasteiger charge is -2.32. The van der Waals surface area contributed by atoms with Crippen LogP contribution in [0.2, 0.25) is 0 Å². The molecule has 11 atom stereocenters. The maximum atomic E-state index is 13.3. The van der Waals surface area contributed by atoms with Gasteiger partial charge in [0.15, 0.2) is 0 Å². The molecule has 0 spiro atoms. The van der Waals surface area contributed by atoms with E-state index in [-0.39, 0.29) is 55.3 Å². The lowest BCUT2D eigenvalue weighted by atomic mass is 9.88. The lowest BCUT2D eigenvalue weighted by Crippen LogP contribution is -2.42. The molecule has 51 heavy (non-hydrogen) atoms. The Morgan fingerprint density at radius 3 is 2.59 bits per heavy atom. The highest BCUT2D eigenvalue weighted by Crippen LogP contribution is 2.38. The lowest BCUT2D eigenvalue weighted by molar-refractivity contribution is -0.157. The summed E-state index contributed by atoms with van der Waals surface area (Å²) in [6.07, 6.45) is 18.5. The molecule has 0 bridgehead atoms. The number of cyclic esters (lactones) is 1. The smallest absolute Gasteiger partial charge is 0.338 e. The number of rotatable bonds is 14. The van der Waals surface area contributed by atoms with Gasteiger partial charge in [0.2, 0.25) is 0 Å². The van der Waals surface area contributed by atoms with Crippen molar-refractivity contribution in [1.29, 1.82) is 0 Å². The monoisotopic (exact) mass is 712 g/mol. The topological polar surface area (TPSA) is 141 Å². The van der Waals surface area contributed by atoms with E-state index in [0.29, 0.717) is 12.0 Å². The van der Waals surface area contributed by atoms with Gasteiger partial charge in [-0.15, -0.1) is 0 Å². The highest BCUT2D eigenvalue weighted by atomic mass is 16.6. The standard InChI is InChI=1S/C41H60O10/c1-9-15-33(47-8)29(5)39-35(49-39)25-34(50-40(45)31-18-12-10-11-13-19-31)26(2)16-14-17-27(3)38-28(4)20-21-36(48-30(6)42)41(7,46)23-22-32(43)24-37(44)51-38/h10,12-14,16-21,26,28-29,32-36,38-39,43,46H,9,11,15,22-25H2,1-8H3/b16-14+,21-20+,27-17+. The van der Waals surface area contributed by atoms with Gasteiger partial charge in [0.1, 0.15) is 23.9 Å². The number of epoxide rings is 1. The summed E-state index contributed by atoms with van der Waals surface area (Å²) in [6, 6.07) is 0. The zero-order chi connectivity index (χ0) is 37.7. The van der Waals surface area contributed by atoms with E-state index in [1.165, 1.54) is 6.92 Å². The molecule has 10 heteroatoms. The molecule has 1 saturated heterocycles. The fourth-order valence-electron chi connectivity index (χ4n) is 6.65. The zero-order valence-electron chi connectivity index (χ0n) is 31.7. The van der Waals surface area contributed by atoms with Crippen LogP contribution in [-0.2, 0) is 38.1 Å². The number of hydrogen-bond donors (Lipinski definition) is 2. The van der Waals surface area contributed by atoms with Gasteiger partial charge in [-0.2, -0.15) is 0 Å². The molecule has 0 aromatic carbocycles. The summed E-state index contributed by atoms with van der Waals surface area (Å²) in [5.74, 6) is -1.83. The summed E-state index contributed by atoms with van der Waals surface area (Å²) >= 11 is 0. The minimum Gasteiger partial charge on any atom is -0.458 e. The number of hydrogen-bond acceptors (Lipinski definition) is 10. The molecule has 284 valence electrons. The van der Waals surface area contributed by atoms with E-state index in [0.717, 1.165) is 24.8 Å². The first-order chi connectivity index (χ1) is 24.2. The summed E-state index contributed by atoms with van der Waals surface area (Å²) in [4.78, 5) is 38.0. The summed E-state index contributed by atoms with van der Waals surface area (Å²) in [7, 11) is 1.73. The third-order valence-electron chi connectivity index (χ3n) is 9.97. The second-order valence-corrected chi connectivity index (χ2v) is 14.5. The number of aliphatic hydroxyl groups is 2. The predicted octanol–water partition coefficient (Wildman–Crippen LogP) is 6.42. The number of allylic oxidation sites excluding steroid dienone is 6. The van der Waals surface area contributed by atoms with Crippen LogP contribution in [-0.4, -0.2) is 83.6 Å². The molecule has 0 aromatic rings. The Morgan fingerprint density at radius 2 is 1.90 bits per heavy atom. The van der Waals surface area contributed by atoms with Crippen molar-refractivity contribution in [2.75, 3.05) is 7.11 Å². The Bertz CT molecular complexity index is 1350. The van der Waals surface area contributed by atoms with Crippen molar-refractivity contribution in [1.82, 2.24) is 0 Å². The van der Waals surface area contributed by atoms with E-state index < -0.39 is 47.9 Å². The van der Waals surface area contributed by atoms with Gasteiger partial charge in [0.25, 0.3) is 0 Å². The van der Waals surface area contributed by atoms with Gasteiger partial charge < -0.3 is 33.9 Å². The van der Waals surface area contributed by atoms with Crippen LogP contribution in [0.5, 0.6) is 0 Å². The first kappa shape index (κ1) is 42.1. The first-order valence-corrected chi connectivity index (χ1v) is 18.4. The van der Waals surface area contributed by atoms with Crippen LogP contribution < -0.4 is 0 Å². The number of carbonyl (C=O) groups excluding carboxylic acids is 3. The van der Waals surface area contributed by atoms with Crippen LogP contribution in [0, 0.1) is 17.8 Å². The molecule has 0 aromatic heterocycles. The minimum absolute atomic E-state index is 0.0222. The number of carbonyl (C=O) groups is 3. The maximum Gasteiger partial charge on any atom is 0.338 e. The first-order valence-electron chi connectivity index (χ1n) is 18.4. The molecule has 10 nitrogen and oxygen atoms in total. The van der Waals surface area contributed by atoms with Crippen LogP contribution in [0.4, 0.5) is 0 Å². The van der Waals surface area contributed by atoms with Crippen LogP contribution in [0.15, 0.2) is 71.9 Å². The third-order valence-corrected chi connectivity index (χ3v) is 9.97. The van der Waals surface area contributed by atoms with Crippen molar-refractivity contribution in [2.45, 2.75) is 142 Å². The molecule has 11 unspecified atom stereocenters. The molecule has 1 fully saturated rings. The number of ether oxygens (including phenoxy) is 5. The second-order valence-electron chi connectivity index (χ2n) is 14.5. The van der Waals surface area contributed by atoms with Crippen molar-refractivity contribution in [2.24, 2.45) is 17.8 Å². The molecule has 1 aliphatic carbocycles. The SMILES string of the molecule is CCCC(OC)C(C)C1OC1CC(OC(=O)C1=CC=CCC=C1)C(C)/C=C/C=C(\C)C1OC(=O)CC(O)CCC(C)(O)C(OC(C)=O)/C=C/C1C. The Labute approximate surface area is 304 Å². The van der Waals surface area contributed by atoms with E-state index in [2.05, 4.69) is 13.8 Å². The molecule has 2 heterocycles. The molecule has 0 saturated carbocycles. The van der Waals surface area contributed by atoms with E-state index in [9.17, 15) is 24.6 Å². The van der Waals surface area contributed by atoms with Gasteiger partial charge in [0.05, 0.1) is 36.4 Å². The van der Waals surface area contributed by atoms with Gasteiger partial charge in [-0.3, -0.25) is 9.59 Å². The quantitative estimate of drug-likeness (QED) is 0.0682. The molecule has 0 amide bonds. The Hall–Kier alpha value is -3.31. The zero-order valence-corrected chi connectivity index (χ0v) is 31.7. The average Bonchev–Trinajstić information content (AvgIpc) is 3.89. The van der Waals surface area contributed by atoms with Crippen LogP contribution >= 0.6 is 0 Å². The minimum atomic E-state index is -1.45. The molecule has 2 N–H and O–H groups in total. The normalized spacial score (nSPS) is 31.9. The van der Waals surface area contributed by atoms with Crippen LogP contribution in [0.3, 0.4) is 0 Å². The van der Waals surface area contributed by atoms with Crippen molar-refractivity contribution >= 4 is 17.9 Å². The van der Waals surface area contributed by atoms with Crippen LogP contribution in [0.25, 0.3) is 0 Å². The average molecular weight is 713 g/mol. The van der Waals surface area contributed by atoms with E-state index in [4.69, 9.17) is 23.7 Å². The maximum absolute atomic E-state index is 13.3. The predicted molar refractivity (Wildman–Crippen MR) is 195 cm³/mol. The van der Waals surface area contributed by atoms with Gasteiger partial charge in [-0.25, -0.2) is 4.79 Å². The summed E-state index contributed by atoms with van der Waals surface area (Å²) in [6.45, 7) is 12.8. The third kappa shape index (κ3) is 13.3. The van der Waals surface area contributed by atoms with Gasteiger partial charge >= 0.3 is 17.9 Å². The van der Waals surface area contributed by atoms with Crippen molar-refractivity contribution < 1.29 is 48.3 Å². The summed E-state index contributed by atoms with van der Waals surface area (Å²) < 4.78 is 29.3. The Morgan fingerprint density at radius 1 is 1.16 bits per heavy atom. The Kier molecular flexibility index (Phi) is 16.6. The van der Waals surface area contributed by atoms with Gasteiger partial charge in [-0.1, -0.05) is 82.7 Å². The fraction of sp³-hybridized carbons (Fsp3) is 0.634.